The third kappa shape index (κ3) is 7.95. The fourth-order valence-electron chi connectivity index (χ4n) is 4.52. The standard InChI is InChI=1S/C28H34N4O10/c1-13(33)29-12-18(35)11-21-27(40)32-24(28(41)42-3)25(38)19-9-16(5-7-23(19)37)15-4-6-22(36)17(8-15)10-20(26(39)31-21)30-14(2)34/h4-9,18,20-21,24-25,35-38H,10-12H2,1-3H3,(H,29,33)(H,30,34)(H,31,39)(H,32,40). The number of aliphatic hydroxyl groups is 2. The molecule has 0 saturated heterocycles. The predicted octanol–water partition coefficient (Wildman–Crippen LogP) is -1.11. The van der Waals surface area contributed by atoms with Crippen molar-refractivity contribution in [1.82, 2.24) is 21.3 Å². The number of benzene rings is 2. The highest BCUT2D eigenvalue weighted by molar-refractivity contribution is 5.94. The molecule has 0 radical (unpaired) electrons. The molecule has 0 fully saturated rings. The van der Waals surface area contributed by atoms with E-state index in [9.17, 15) is 44.4 Å². The molecular weight excluding hydrogens is 552 g/mol. The molecule has 1 aliphatic rings. The molecule has 5 atom stereocenters. The van der Waals surface area contributed by atoms with Gasteiger partial charge in [0, 0.05) is 38.8 Å². The summed E-state index contributed by atoms with van der Waals surface area (Å²) in [5, 5.41) is 52.4. The molecule has 226 valence electrons. The number of amides is 4. The second-order valence-electron chi connectivity index (χ2n) is 9.92. The van der Waals surface area contributed by atoms with Crippen LogP contribution in [0, 0.1) is 0 Å². The maximum absolute atomic E-state index is 13.5. The molecule has 3 rings (SSSR count). The predicted molar refractivity (Wildman–Crippen MR) is 147 cm³/mol. The van der Waals surface area contributed by atoms with E-state index in [2.05, 4.69) is 21.3 Å². The Kier molecular flexibility index (Phi) is 10.4. The molecular formula is C28H34N4O10. The summed E-state index contributed by atoms with van der Waals surface area (Å²) in [5.74, 6) is -4.55. The molecule has 1 heterocycles. The lowest BCUT2D eigenvalue weighted by molar-refractivity contribution is -0.149. The average molecular weight is 587 g/mol. The normalized spacial score (nSPS) is 21.5. The van der Waals surface area contributed by atoms with Crippen LogP contribution in [0.25, 0.3) is 11.1 Å². The number of nitrogens with one attached hydrogen (secondary N) is 4. The third-order valence-electron chi connectivity index (χ3n) is 6.67. The fraction of sp³-hybridized carbons (Fsp3) is 0.393. The molecule has 8 N–H and O–H groups in total. The maximum atomic E-state index is 13.5. The first-order valence-electron chi connectivity index (χ1n) is 13.0. The van der Waals surface area contributed by atoms with Gasteiger partial charge in [-0.25, -0.2) is 4.79 Å². The van der Waals surface area contributed by atoms with Crippen LogP contribution < -0.4 is 21.3 Å². The largest absolute Gasteiger partial charge is 0.508 e. The first kappa shape index (κ1) is 31.8. The molecule has 0 saturated carbocycles. The van der Waals surface area contributed by atoms with E-state index in [-0.39, 0.29) is 35.6 Å². The smallest absolute Gasteiger partial charge is 0.331 e. The monoisotopic (exact) mass is 586 g/mol. The Morgan fingerprint density at radius 1 is 0.976 bits per heavy atom. The number of aliphatic hydroxyl groups excluding tert-OH is 2. The molecule has 5 unspecified atom stereocenters. The second kappa shape index (κ2) is 13.8. The Morgan fingerprint density at radius 2 is 1.62 bits per heavy atom. The maximum Gasteiger partial charge on any atom is 0.331 e. The summed E-state index contributed by atoms with van der Waals surface area (Å²) >= 11 is 0. The number of methoxy groups -OCH3 is 1. The van der Waals surface area contributed by atoms with E-state index in [1.165, 1.54) is 38.1 Å². The van der Waals surface area contributed by atoms with E-state index in [0.717, 1.165) is 7.11 Å². The number of fused-ring (bicyclic) bond motifs is 5. The Balaban J connectivity index is 2.16. The van der Waals surface area contributed by atoms with Gasteiger partial charge in [0.25, 0.3) is 0 Å². The van der Waals surface area contributed by atoms with Gasteiger partial charge in [-0.3, -0.25) is 19.2 Å². The van der Waals surface area contributed by atoms with Crippen LogP contribution in [0.1, 0.15) is 37.5 Å². The van der Waals surface area contributed by atoms with E-state index in [0.29, 0.717) is 11.1 Å². The third-order valence-corrected chi connectivity index (χ3v) is 6.67. The second-order valence-corrected chi connectivity index (χ2v) is 9.92. The first-order valence-corrected chi connectivity index (χ1v) is 13.0. The highest BCUT2D eigenvalue weighted by Crippen LogP contribution is 2.34. The lowest BCUT2D eigenvalue weighted by Crippen LogP contribution is -2.58. The van der Waals surface area contributed by atoms with E-state index in [4.69, 9.17) is 4.74 Å². The van der Waals surface area contributed by atoms with E-state index < -0.39 is 66.4 Å². The Morgan fingerprint density at radius 3 is 2.24 bits per heavy atom. The quantitative estimate of drug-likeness (QED) is 0.191. The topological polar surface area (TPSA) is 224 Å². The Hall–Kier alpha value is -4.69. The fourth-order valence-corrected chi connectivity index (χ4v) is 4.52. The van der Waals surface area contributed by atoms with Gasteiger partial charge in [-0.15, -0.1) is 0 Å². The van der Waals surface area contributed by atoms with Gasteiger partial charge < -0.3 is 46.4 Å². The number of ether oxygens (including phenoxy) is 1. The van der Waals surface area contributed by atoms with Crippen LogP contribution in [0.2, 0.25) is 0 Å². The van der Waals surface area contributed by atoms with Gasteiger partial charge in [0.15, 0.2) is 6.04 Å². The van der Waals surface area contributed by atoms with Gasteiger partial charge in [-0.05, 0) is 41.0 Å². The van der Waals surface area contributed by atoms with Crippen LogP contribution in [0.5, 0.6) is 11.5 Å². The minimum absolute atomic E-state index is 0.130. The van der Waals surface area contributed by atoms with Crippen molar-refractivity contribution in [3.63, 3.8) is 0 Å². The van der Waals surface area contributed by atoms with Crippen LogP contribution in [-0.2, 0) is 35.1 Å². The van der Waals surface area contributed by atoms with Crippen LogP contribution in [0.15, 0.2) is 36.4 Å². The average Bonchev–Trinajstić information content (AvgIpc) is 2.93. The number of carbonyl (C=O) groups excluding carboxylic acids is 5. The SMILES string of the molecule is COC(=O)C1NC(=O)C(CC(O)CNC(C)=O)NC(=O)C(NC(C)=O)Cc2cc(ccc2O)-c2ccc(O)c(c2)C1O. The molecule has 0 spiro atoms. The van der Waals surface area contributed by atoms with Crippen molar-refractivity contribution < 1.29 is 49.1 Å². The first-order chi connectivity index (χ1) is 19.8. The number of phenols is 2. The Labute approximate surface area is 241 Å². The summed E-state index contributed by atoms with van der Waals surface area (Å²) in [6.07, 6.45) is -3.81. The molecule has 2 aromatic rings. The number of hydrogen-bond donors (Lipinski definition) is 8. The van der Waals surface area contributed by atoms with Gasteiger partial charge >= 0.3 is 5.97 Å². The summed E-state index contributed by atoms with van der Waals surface area (Å²) in [6.45, 7) is 2.13. The van der Waals surface area contributed by atoms with Crippen molar-refractivity contribution in [2.24, 2.45) is 0 Å². The highest BCUT2D eigenvalue weighted by Gasteiger charge is 2.36. The minimum atomic E-state index is -1.82. The van der Waals surface area contributed by atoms with Crippen LogP contribution >= 0.6 is 0 Å². The van der Waals surface area contributed by atoms with Gasteiger partial charge in [-0.1, -0.05) is 12.1 Å². The summed E-state index contributed by atoms with van der Waals surface area (Å²) in [5.41, 5.74) is 1.08. The van der Waals surface area contributed by atoms with Gasteiger partial charge in [0.1, 0.15) is 29.7 Å². The van der Waals surface area contributed by atoms with Crippen molar-refractivity contribution in [3.05, 3.63) is 47.5 Å². The number of hydrogen-bond acceptors (Lipinski definition) is 10. The molecule has 4 bridgehead atoms. The minimum Gasteiger partial charge on any atom is -0.508 e. The number of aromatic hydroxyl groups is 2. The lowest BCUT2D eigenvalue weighted by atomic mass is 9.94. The van der Waals surface area contributed by atoms with Gasteiger partial charge in [0.05, 0.1) is 13.2 Å². The van der Waals surface area contributed by atoms with Crippen molar-refractivity contribution in [2.45, 2.75) is 57.0 Å². The van der Waals surface area contributed by atoms with Crippen molar-refractivity contribution >= 4 is 29.6 Å². The zero-order valence-electron chi connectivity index (χ0n) is 23.2. The molecule has 2 aromatic carbocycles. The molecule has 0 aromatic heterocycles. The van der Waals surface area contributed by atoms with Crippen LogP contribution in [0.4, 0.5) is 0 Å². The zero-order valence-corrected chi connectivity index (χ0v) is 23.2. The molecule has 42 heavy (non-hydrogen) atoms. The summed E-state index contributed by atoms with van der Waals surface area (Å²) in [7, 11) is 1.03. The van der Waals surface area contributed by atoms with E-state index in [1.54, 1.807) is 12.1 Å². The molecule has 1 aliphatic heterocycles. The number of rotatable bonds is 6. The van der Waals surface area contributed by atoms with Crippen molar-refractivity contribution in [2.75, 3.05) is 13.7 Å². The molecule has 0 aliphatic carbocycles. The molecule has 14 heteroatoms. The molecule has 14 nitrogen and oxygen atoms in total. The summed E-state index contributed by atoms with van der Waals surface area (Å²) in [4.78, 5) is 62.9. The lowest BCUT2D eigenvalue weighted by Gasteiger charge is -2.28. The highest BCUT2D eigenvalue weighted by atomic mass is 16.5. The zero-order chi connectivity index (χ0) is 31.1. The number of esters is 1. The van der Waals surface area contributed by atoms with Gasteiger partial charge in [-0.2, -0.15) is 0 Å². The van der Waals surface area contributed by atoms with Crippen molar-refractivity contribution in [1.29, 1.82) is 0 Å². The van der Waals surface area contributed by atoms with Gasteiger partial charge in [0.2, 0.25) is 23.6 Å². The Bertz CT molecular complexity index is 1360. The number of phenolic OH excluding ortho intramolecular Hbond substituents is 2. The number of carbonyl (C=O) groups is 5. The van der Waals surface area contributed by atoms with E-state index >= 15 is 0 Å². The van der Waals surface area contributed by atoms with Crippen molar-refractivity contribution in [3.8, 4) is 22.6 Å². The van der Waals surface area contributed by atoms with E-state index in [1.807, 2.05) is 0 Å². The van der Waals surface area contributed by atoms with Crippen LogP contribution in [0.3, 0.4) is 0 Å². The molecule has 4 amide bonds. The van der Waals surface area contributed by atoms with Crippen LogP contribution in [-0.4, -0.2) is 87.9 Å². The summed E-state index contributed by atoms with van der Waals surface area (Å²) < 4.78 is 4.77. The summed E-state index contributed by atoms with van der Waals surface area (Å²) in [6, 6.07) is 4.09.